The number of benzene rings is 2. The molecule has 0 aromatic heterocycles. The summed E-state index contributed by atoms with van der Waals surface area (Å²) in [5.74, 6) is 1.01. The Morgan fingerprint density at radius 2 is 1.79 bits per heavy atom. The first-order chi connectivity index (χ1) is 14.1. The fourth-order valence-corrected chi connectivity index (χ4v) is 5.93. The standard InChI is InChI=1S/C22H25O5PS/c1-25-19-13-8-12-18-20(15-16-9-6-7-14-21(16)29-22(18)19)27-28(23,24)26-17-10-4-2-3-5-11-17/h6-9,12-15,17H,2-5,10-11H2,1H3,(H,23,24). The van der Waals surface area contributed by atoms with E-state index in [1.807, 2.05) is 42.5 Å². The molecule has 1 aliphatic heterocycles. The predicted molar refractivity (Wildman–Crippen MR) is 115 cm³/mol. The van der Waals surface area contributed by atoms with Crippen molar-refractivity contribution in [2.24, 2.45) is 0 Å². The molecule has 0 radical (unpaired) electrons. The average molecular weight is 432 g/mol. The van der Waals surface area contributed by atoms with Crippen molar-refractivity contribution in [3.63, 3.8) is 0 Å². The van der Waals surface area contributed by atoms with E-state index in [-0.39, 0.29) is 6.10 Å². The molecule has 0 spiro atoms. The lowest BCUT2D eigenvalue weighted by Gasteiger charge is -2.21. The van der Waals surface area contributed by atoms with Crippen LogP contribution in [0.1, 0.15) is 49.7 Å². The van der Waals surface area contributed by atoms with Gasteiger partial charge in [0.2, 0.25) is 0 Å². The molecule has 5 nitrogen and oxygen atoms in total. The van der Waals surface area contributed by atoms with Crippen LogP contribution >= 0.6 is 19.6 Å². The van der Waals surface area contributed by atoms with Crippen molar-refractivity contribution >= 4 is 31.4 Å². The summed E-state index contributed by atoms with van der Waals surface area (Å²) in [7, 11) is -2.66. The van der Waals surface area contributed by atoms with Gasteiger partial charge in [-0.15, -0.1) is 0 Å². The molecule has 1 heterocycles. The van der Waals surface area contributed by atoms with Crippen LogP contribution in [0, 0.1) is 0 Å². The van der Waals surface area contributed by atoms with Crippen LogP contribution in [0.4, 0.5) is 0 Å². The third-order valence-electron chi connectivity index (χ3n) is 5.18. The van der Waals surface area contributed by atoms with Gasteiger partial charge in [0.25, 0.3) is 0 Å². The molecule has 0 amide bonds. The second-order valence-electron chi connectivity index (χ2n) is 7.26. The van der Waals surface area contributed by atoms with Gasteiger partial charge in [-0.25, -0.2) is 4.57 Å². The van der Waals surface area contributed by atoms with Gasteiger partial charge in [0.1, 0.15) is 11.5 Å². The molecule has 2 aromatic carbocycles. The number of hydrogen-bond donors (Lipinski definition) is 1. The van der Waals surface area contributed by atoms with Crippen molar-refractivity contribution in [1.82, 2.24) is 0 Å². The third-order valence-corrected chi connectivity index (χ3v) is 7.39. The van der Waals surface area contributed by atoms with Crippen molar-refractivity contribution in [2.45, 2.75) is 54.4 Å². The molecule has 29 heavy (non-hydrogen) atoms. The summed E-state index contributed by atoms with van der Waals surface area (Å²) >= 11 is 1.55. The molecule has 1 N–H and O–H groups in total. The van der Waals surface area contributed by atoms with Crippen LogP contribution in [0.15, 0.2) is 52.3 Å². The van der Waals surface area contributed by atoms with E-state index in [0.717, 1.165) is 53.9 Å². The van der Waals surface area contributed by atoms with Crippen LogP contribution in [0.25, 0.3) is 11.8 Å². The Morgan fingerprint density at radius 3 is 2.55 bits per heavy atom. The quantitative estimate of drug-likeness (QED) is 0.429. The fourth-order valence-electron chi connectivity index (χ4n) is 3.75. The van der Waals surface area contributed by atoms with Gasteiger partial charge in [0.15, 0.2) is 0 Å². The Bertz CT molecular complexity index is 950. The molecule has 154 valence electrons. The van der Waals surface area contributed by atoms with Crippen LogP contribution < -0.4 is 4.74 Å². The Labute approximate surface area is 175 Å². The summed E-state index contributed by atoms with van der Waals surface area (Å²) in [6.07, 6.45) is 7.44. The monoisotopic (exact) mass is 432 g/mol. The minimum atomic E-state index is -4.28. The Kier molecular flexibility index (Phi) is 6.35. The molecule has 2 aliphatic rings. The van der Waals surface area contributed by atoms with Gasteiger partial charge in [-0.1, -0.05) is 61.7 Å². The molecule has 0 saturated heterocycles. The molecule has 1 atom stereocenters. The van der Waals surface area contributed by atoms with Crippen LogP contribution in [0.2, 0.25) is 0 Å². The SMILES string of the molecule is COc1cccc2c1Sc1ccccc1C=C2OP(=O)(O)OC1CCCCCC1. The van der Waals surface area contributed by atoms with Crippen LogP contribution in [0.5, 0.6) is 5.75 Å². The van der Waals surface area contributed by atoms with Crippen molar-refractivity contribution in [3.05, 3.63) is 53.6 Å². The molecule has 1 aliphatic carbocycles. The minimum absolute atomic E-state index is 0.244. The summed E-state index contributed by atoms with van der Waals surface area (Å²) < 4.78 is 29.7. The molecule has 1 fully saturated rings. The first kappa shape index (κ1) is 20.5. The Morgan fingerprint density at radius 1 is 1.03 bits per heavy atom. The zero-order valence-corrected chi connectivity index (χ0v) is 18.1. The molecule has 7 heteroatoms. The molecule has 0 bridgehead atoms. The highest BCUT2D eigenvalue weighted by Gasteiger charge is 2.32. The number of hydrogen-bond acceptors (Lipinski definition) is 5. The van der Waals surface area contributed by atoms with Crippen LogP contribution in [-0.2, 0) is 13.6 Å². The van der Waals surface area contributed by atoms with Crippen molar-refractivity contribution in [2.75, 3.05) is 7.11 Å². The number of rotatable bonds is 5. The highest BCUT2D eigenvalue weighted by Crippen LogP contribution is 2.53. The number of phosphoric ester groups is 1. The normalized spacial score (nSPS) is 19.0. The smallest absolute Gasteiger partial charge is 0.496 e. The largest absolute Gasteiger partial charge is 0.527 e. The zero-order chi connectivity index (χ0) is 20.3. The van der Waals surface area contributed by atoms with Crippen LogP contribution in [0.3, 0.4) is 0 Å². The lowest BCUT2D eigenvalue weighted by molar-refractivity contribution is 0.121. The van der Waals surface area contributed by atoms with E-state index >= 15 is 0 Å². The summed E-state index contributed by atoms with van der Waals surface area (Å²) in [6, 6.07) is 13.5. The lowest BCUT2D eigenvalue weighted by Crippen LogP contribution is -2.11. The van der Waals surface area contributed by atoms with Gasteiger partial charge in [0, 0.05) is 10.5 Å². The van der Waals surface area contributed by atoms with Gasteiger partial charge in [-0.3, -0.25) is 9.42 Å². The Balaban J connectivity index is 1.68. The van der Waals surface area contributed by atoms with E-state index in [1.54, 1.807) is 24.9 Å². The maximum Gasteiger partial charge on any atom is 0.527 e. The predicted octanol–water partition coefficient (Wildman–Crippen LogP) is 6.51. The van der Waals surface area contributed by atoms with Crippen molar-refractivity contribution in [1.29, 1.82) is 0 Å². The minimum Gasteiger partial charge on any atom is -0.496 e. The Hall–Kier alpha value is -1.72. The van der Waals surface area contributed by atoms with E-state index < -0.39 is 7.82 Å². The van der Waals surface area contributed by atoms with Crippen molar-refractivity contribution < 1.29 is 23.2 Å². The molecule has 1 saturated carbocycles. The number of fused-ring (bicyclic) bond motifs is 2. The van der Waals surface area contributed by atoms with Crippen LogP contribution in [-0.4, -0.2) is 18.1 Å². The van der Waals surface area contributed by atoms with E-state index in [1.165, 1.54) is 0 Å². The third kappa shape index (κ3) is 4.89. The second-order valence-corrected chi connectivity index (χ2v) is 9.65. The van der Waals surface area contributed by atoms with E-state index in [4.69, 9.17) is 13.8 Å². The molecular weight excluding hydrogens is 407 g/mol. The van der Waals surface area contributed by atoms with E-state index in [2.05, 4.69) is 0 Å². The first-order valence-electron chi connectivity index (χ1n) is 9.92. The fraction of sp³-hybridized carbons (Fsp3) is 0.364. The summed E-state index contributed by atoms with van der Waals surface area (Å²) in [6.45, 7) is 0. The van der Waals surface area contributed by atoms with Gasteiger partial charge >= 0.3 is 7.82 Å². The number of methoxy groups -OCH3 is 1. The number of ether oxygens (including phenoxy) is 1. The molecule has 1 unspecified atom stereocenters. The topological polar surface area (TPSA) is 65.0 Å². The van der Waals surface area contributed by atoms with E-state index in [9.17, 15) is 9.46 Å². The highest BCUT2D eigenvalue weighted by atomic mass is 32.2. The van der Waals surface area contributed by atoms with Gasteiger partial charge in [0.05, 0.1) is 18.1 Å². The van der Waals surface area contributed by atoms with E-state index in [0.29, 0.717) is 17.1 Å². The summed E-state index contributed by atoms with van der Waals surface area (Å²) in [5, 5.41) is 0. The van der Waals surface area contributed by atoms with Gasteiger partial charge in [-0.2, -0.15) is 0 Å². The number of phosphoric acid groups is 1. The van der Waals surface area contributed by atoms with Gasteiger partial charge in [-0.05, 0) is 42.7 Å². The second kappa shape index (κ2) is 8.97. The zero-order valence-electron chi connectivity index (χ0n) is 16.4. The average Bonchev–Trinajstić information content (AvgIpc) is 3.04. The maximum atomic E-state index is 12.9. The maximum absolute atomic E-state index is 12.9. The summed E-state index contributed by atoms with van der Waals surface area (Å²) in [4.78, 5) is 12.4. The summed E-state index contributed by atoms with van der Waals surface area (Å²) in [5.41, 5.74) is 1.63. The van der Waals surface area contributed by atoms with Crippen molar-refractivity contribution in [3.8, 4) is 5.75 Å². The first-order valence-corrected chi connectivity index (χ1v) is 12.2. The highest BCUT2D eigenvalue weighted by molar-refractivity contribution is 7.99. The lowest BCUT2D eigenvalue weighted by atomic mass is 10.1. The molecular formula is C22H25O5PS. The van der Waals surface area contributed by atoms with Gasteiger partial charge < -0.3 is 9.26 Å². The molecule has 4 rings (SSSR count). The molecule has 2 aromatic rings.